The van der Waals surface area contributed by atoms with E-state index in [-0.39, 0.29) is 5.91 Å². The van der Waals surface area contributed by atoms with Crippen molar-refractivity contribution in [1.82, 2.24) is 20.5 Å². The van der Waals surface area contributed by atoms with E-state index in [1.54, 1.807) is 7.11 Å². The van der Waals surface area contributed by atoms with Gasteiger partial charge in [0.2, 0.25) is 5.91 Å². The number of hydrogen-bond acceptors (Lipinski definition) is 6. The lowest BCUT2D eigenvalue weighted by Crippen LogP contribution is -2.44. The number of aromatic nitrogens is 1. The number of rotatable bonds is 8. The van der Waals surface area contributed by atoms with Gasteiger partial charge in [-0.2, -0.15) is 0 Å². The minimum absolute atomic E-state index is 0.0148. The predicted octanol–water partition coefficient (Wildman–Crippen LogP) is -0.314. The Kier molecular flexibility index (Phi) is 7.25. The van der Waals surface area contributed by atoms with Gasteiger partial charge in [0.1, 0.15) is 5.82 Å². The Hall–Kier alpha value is -1.70. The van der Waals surface area contributed by atoms with Gasteiger partial charge >= 0.3 is 0 Å². The third-order valence-corrected chi connectivity index (χ3v) is 3.90. The van der Waals surface area contributed by atoms with Crippen LogP contribution < -0.4 is 15.5 Å². The maximum Gasteiger partial charge on any atom is 0.234 e. The number of hydrogen-bond donors (Lipinski definition) is 2. The highest BCUT2D eigenvalue weighted by atomic mass is 16.5. The standard InChI is InChI=1S/C16H27N5O2/c1-20-6-8-21(9-7-20)15-11-14(3-4-18-15)12-19-16(22)13-17-5-10-23-2/h3-4,11,17H,5-10,12-13H2,1-2H3,(H,19,22). The topological polar surface area (TPSA) is 69.7 Å². The van der Waals surface area contributed by atoms with Gasteiger partial charge in [-0.3, -0.25) is 4.79 Å². The molecule has 0 aliphatic carbocycles. The van der Waals surface area contributed by atoms with Crippen LogP contribution in [0.2, 0.25) is 0 Å². The molecule has 0 aromatic carbocycles. The van der Waals surface area contributed by atoms with E-state index >= 15 is 0 Å². The van der Waals surface area contributed by atoms with Gasteiger partial charge < -0.3 is 25.2 Å². The van der Waals surface area contributed by atoms with Gasteiger partial charge in [-0.05, 0) is 24.7 Å². The van der Waals surface area contributed by atoms with E-state index in [0.29, 0.717) is 26.2 Å². The summed E-state index contributed by atoms with van der Waals surface area (Å²) in [4.78, 5) is 20.8. The highest BCUT2D eigenvalue weighted by Gasteiger charge is 2.15. The molecule has 0 radical (unpaired) electrons. The summed E-state index contributed by atoms with van der Waals surface area (Å²) in [7, 11) is 3.78. The average Bonchev–Trinajstić information content (AvgIpc) is 2.58. The summed E-state index contributed by atoms with van der Waals surface area (Å²) in [6, 6.07) is 4.00. The normalized spacial score (nSPS) is 15.7. The number of carbonyl (C=O) groups excluding carboxylic acids is 1. The first-order chi connectivity index (χ1) is 11.2. The van der Waals surface area contributed by atoms with Crippen LogP contribution in [-0.4, -0.2) is 75.8 Å². The number of nitrogens with one attached hydrogen (secondary N) is 2. The van der Waals surface area contributed by atoms with E-state index in [9.17, 15) is 4.79 Å². The Balaban J connectivity index is 1.77. The van der Waals surface area contributed by atoms with E-state index in [0.717, 1.165) is 37.6 Å². The molecule has 23 heavy (non-hydrogen) atoms. The van der Waals surface area contributed by atoms with Crippen LogP contribution >= 0.6 is 0 Å². The van der Waals surface area contributed by atoms with Gasteiger partial charge in [0.15, 0.2) is 0 Å². The first kappa shape index (κ1) is 17.7. The summed E-state index contributed by atoms with van der Waals surface area (Å²) in [5.41, 5.74) is 1.07. The fraction of sp³-hybridized carbons (Fsp3) is 0.625. The first-order valence-corrected chi connectivity index (χ1v) is 8.04. The van der Waals surface area contributed by atoms with Crippen molar-refractivity contribution in [2.24, 2.45) is 0 Å². The zero-order valence-corrected chi connectivity index (χ0v) is 14.0. The van der Waals surface area contributed by atoms with Crippen LogP contribution in [0.1, 0.15) is 5.56 Å². The van der Waals surface area contributed by atoms with Crippen LogP contribution in [0, 0.1) is 0 Å². The molecule has 2 heterocycles. The van der Waals surface area contributed by atoms with Gasteiger partial charge in [-0.1, -0.05) is 0 Å². The number of anilines is 1. The van der Waals surface area contributed by atoms with E-state index in [1.807, 2.05) is 12.3 Å². The van der Waals surface area contributed by atoms with Crippen molar-refractivity contribution in [2.75, 3.05) is 64.9 Å². The molecule has 1 aliphatic heterocycles. The number of pyridine rings is 1. The van der Waals surface area contributed by atoms with Crippen molar-refractivity contribution in [3.05, 3.63) is 23.9 Å². The molecule has 0 bridgehead atoms. The molecule has 1 aromatic rings. The molecule has 1 aromatic heterocycles. The quantitative estimate of drug-likeness (QED) is 0.640. The number of nitrogens with zero attached hydrogens (tertiary/aromatic N) is 3. The molecular weight excluding hydrogens is 294 g/mol. The Morgan fingerprint density at radius 3 is 2.87 bits per heavy atom. The molecular formula is C16H27N5O2. The molecule has 128 valence electrons. The molecule has 0 saturated carbocycles. The monoisotopic (exact) mass is 321 g/mol. The number of carbonyl (C=O) groups is 1. The van der Waals surface area contributed by atoms with E-state index in [4.69, 9.17) is 4.74 Å². The second-order valence-corrected chi connectivity index (χ2v) is 5.76. The van der Waals surface area contributed by atoms with Gasteiger partial charge in [0.05, 0.1) is 13.2 Å². The highest BCUT2D eigenvalue weighted by molar-refractivity contribution is 5.77. The predicted molar refractivity (Wildman–Crippen MR) is 90.5 cm³/mol. The maximum absolute atomic E-state index is 11.8. The van der Waals surface area contributed by atoms with Gasteiger partial charge in [0, 0.05) is 52.6 Å². The minimum Gasteiger partial charge on any atom is -0.383 e. The Bertz CT molecular complexity index is 489. The van der Waals surface area contributed by atoms with Crippen LogP contribution in [0.3, 0.4) is 0 Å². The molecule has 7 heteroatoms. The van der Waals surface area contributed by atoms with Crippen LogP contribution in [0.25, 0.3) is 0 Å². The number of ether oxygens (including phenoxy) is 1. The second-order valence-electron chi connectivity index (χ2n) is 5.76. The average molecular weight is 321 g/mol. The fourth-order valence-electron chi connectivity index (χ4n) is 2.42. The SMILES string of the molecule is COCCNCC(=O)NCc1ccnc(N2CCN(C)CC2)c1. The van der Waals surface area contributed by atoms with Crippen molar-refractivity contribution in [3.8, 4) is 0 Å². The number of amides is 1. The number of methoxy groups -OCH3 is 1. The Morgan fingerprint density at radius 1 is 1.35 bits per heavy atom. The smallest absolute Gasteiger partial charge is 0.234 e. The zero-order valence-electron chi connectivity index (χ0n) is 14.0. The highest BCUT2D eigenvalue weighted by Crippen LogP contribution is 2.14. The zero-order chi connectivity index (χ0) is 16.5. The second kappa shape index (κ2) is 9.44. The van der Waals surface area contributed by atoms with Gasteiger partial charge in [-0.25, -0.2) is 4.98 Å². The molecule has 2 N–H and O–H groups in total. The van der Waals surface area contributed by atoms with Crippen molar-refractivity contribution >= 4 is 11.7 Å². The van der Waals surface area contributed by atoms with Crippen LogP contribution in [-0.2, 0) is 16.1 Å². The summed E-state index contributed by atoms with van der Waals surface area (Å²) in [6.45, 7) is 6.18. The molecule has 1 aliphatic rings. The maximum atomic E-state index is 11.8. The Morgan fingerprint density at radius 2 is 2.13 bits per heavy atom. The Labute approximate surface area is 138 Å². The lowest BCUT2D eigenvalue weighted by molar-refractivity contribution is -0.120. The van der Waals surface area contributed by atoms with Crippen molar-refractivity contribution in [2.45, 2.75) is 6.54 Å². The summed E-state index contributed by atoms with van der Waals surface area (Å²) >= 11 is 0. The van der Waals surface area contributed by atoms with Gasteiger partial charge in [0.25, 0.3) is 0 Å². The molecule has 7 nitrogen and oxygen atoms in total. The molecule has 1 fully saturated rings. The molecule has 0 spiro atoms. The van der Waals surface area contributed by atoms with Gasteiger partial charge in [-0.15, -0.1) is 0 Å². The summed E-state index contributed by atoms with van der Waals surface area (Å²) in [5, 5.41) is 5.94. The van der Waals surface area contributed by atoms with Crippen LogP contribution in [0.5, 0.6) is 0 Å². The summed E-state index contributed by atoms with van der Waals surface area (Å²) in [5.74, 6) is 0.974. The fourth-order valence-corrected chi connectivity index (χ4v) is 2.42. The third kappa shape index (κ3) is 6.13. The largest absolute Gasteiger partial charge is 0.383 e. The minimum atomic E-state index is -0.0148. The number of piperazine rings is 1. The van der Waals surface area contributed by atoms with Crippen LogP contribution in [0.4, 0.5) is 5.82 Å². The molecule has 0 atom stereocenters. The van der Waals surface area contributed by atoms with E-state index < -0.39 is 0 Å². The summed E-state index contributed by atoms with van der Waals surface area (Å²) < 4.78 is 4.92. The molecule has 1 amide bonds. The van der Waals surface area contributed by atoms with E-state index in [2.05, 4.69) is 38.5 Å². The van der Waals surface area contributed by atoms with Crippen molar-refractivity contribution in [3.63, 3.8) is 0 Å². The van der Waals surface area contributed by atoms with E-state index in [1.165, 1.54) is 0 Å². The first-order valence-electron chi connectivity index (χ1n) is 8.04. The lowest BCUT2D eigenvalue weighted by Gasteiger charge is -2.33. The number of likely N-dealkylation sites (N-methyl/N-ethyl adjacent to an activating group) is 1. The van der Waals surface area contributed by atoms with Crippen molar-refractivity contribution in [1.29, 1.82) is 0 Å². The van der Waals surface area contributed by atoms with Crippen molar-refractivity contribution < 1.29 is 9.53 Å². The summed E-state index contributed by atoms with van der Waals surface area (Å²) in [6.07, 6.45) is 1.81. The molecule has 0 unspecified atom stereocenters. The molecule has 1 saturated heterocycles. The van der Waals surface area contributed by atoms with Crippen LogP contribution in [0.15, 0.2) is 18.3 Å². The lowest BCUT2D eigenvalue weighted by atomic mass is 10.2. The molecule has 2 rings (SSSR count). The third-order valence-electron chi connectivity index (χ3n) is 3.90.